The summed E-state index contributed by atoms with van der Waals surface area (Å²) in [5.41, 5.74) is 5.43. The lowest BCUT2D eigenvalue weighted by Gasteiger charge is -2.10. The minimum Gasteiger partial charge on any atom is -0.392 e. The summed E-state index contributed by atoms with van der Waals surface area (Å²) in [6, 6.07) is 5.59. The Balaban J connectivity index is 1.17. The fourth-order valence-corrected chi connectivity index (χ4v) is 4.48. The highest BCUT2D eigenvalue weighted by atomic mass is 35.5. The minimum atomic E-state index is -0.249. The molecule has 5 aromatic rings. The number of carbonyl (C=O) groups is 1. The second kappa shape index (κ2) is 9.21. The van der Waals surface area contributed by atoms with Gasteiger partial charge in [-0.3, -0.25) is 4.79 Å². The highest BCUT2D eigenvalue weighted by Crippen LogP contribution is 2.40. The summed E-state index contributed by atoms with van der Waals surface area (Å²) < 4.78 is 3.79. The average Bonchev–Trinajstić information content (AvgIpc) is 3.54. The van der Waals surface area contributed by atoms with Crippen molar-refractivity contribution < 1.29 is 9.90 Å². The first-order valence-electron chi connectivity index (χ1n) is 11.6. The smallest absolute Gasteiger partial charge is 0.230 e. The summed E-state index contributed by atoms with van der Waals surface area (Å²) in [5, 5.41) is 16.5. The number of hydrogen-bond acceptors (Lipinski definition) is 7. The van der Waals surface area contributed by atoms with E-state index in [9.17, 15) is 9.90 Å². The molecule has 0 bridgehead atoms. The molecule has 1 saturated carbocycles. The number of hydrogen-bond donors (Lipinski definition) is 3. The van der Waals surface area contributed by atoms with Gasteiger partial charge in [-0.2, -0.15) is 0 Å². The van der Waals surface area contributed by atoms with Gasteiger partial charge in [-0.05, 0) is 42.5 Å². The zero-order valence-electron chi connectivity index (χ0n) is 19.2. The third-order valence-corrected chi connectivity index (χ3v) is 6.48. The maximum Gasteiger partial charge on any atom is 0.230 e. The van der Waals surface area contributed by atoms with E-state index >= 15 is 0 Å². The van der Waals surface area contributed by atoms with Crippen molar-refractivity contribution >= 4 is 40.2 Å². The molecule has 0 aromatic carbocycles. The number of anilines is 2. The fraction of sp³-hybridized carbons (Fsp3) is 0.240. The Labute approximate surface area is 211 Å². The van der Waals surface area contributed by atoms with Gasteiger partial charge in [-0.25, -0.2) is 19.9 Å². The monoisotopic (exact) mass is 502 g/mol. The molecule has 3 N–H and O–H groups in total. The van der Waals surface area contributed by atoms with E-state index in [1.54, 1.807) is 30.9 Å². The molecule has 0 saturated heterocycles. The highest BCUT2D eigenvalue weighted by Gasteiger charge is 2.25. The van der Waals surface area contributed by atoms with Crippen LogP contribution in [-0.4, -0.2) is 39.8 Å². The number of rotatable bonds is 8. The van der Waals surface area contributed by atoms with Crippen molar-refractivity contribution in [3.05, 3.63) is 83.2 Å². The molecule has 1 aliphatic carbocycles. The minimum absolute atomic E-state index is 0.0612. The number of halogens is 1. The lowest BCUT2D eigenvalue weighted by molar-refractivity contribution is -0.115. The number of fused-ring (bicyclic) bond motifs is 2. The molecule has 0 aliphatic heterocycles. The number of amides is 1. The first-order chi connectivity index (χ1) is 17.6. The normalized spacial score (nSPS) is 13.4. The number of nitrogens with zero attached hydrogens (tertiary/aromatic N) is 6. The van der Waals surface area contributed by atoms with Crippen LogP contribution in [0.15, 0.2) is 55.6 Å². The van der Waals surface area contributed by atoms with Gasteiger partial charge in [0.2, 0.25) is 5.91 Å². The molecule has 182 valence electrons. The van der Waals surface area contributed by atoms with Gasteiger partial charge in [-0.1, -0.05) is 11.6 Å². The molecule has 0 atom stereocenters. The number of aromatic nitrogens is 6. The number of pyridine rings is 2. The van der Waals surface area contributed by atoms with E-state index in [2.05, 4.69) is 36.8 Å². The Morgan fingerprint density at radius 3 is 2.92 bits per heavy atom. The van der Waals surface area contributed by atoms with E-state index in [1.165, 1.54) is 24.7 Å². The molecular weight excluding hydrogens is 480 g/mol. The van der Waals surface area contributed by atoms with Gasteiger partial charge in [0.15, 0.2) is 5.82 Å². The Bertz CT molecular complexity index is 1590. The Kier molecular flexibility index (Phi) is 5.74. The fourth-order valence-electron chi connectivity index (χ4n) is 4.32. The predicted molar refractivity (Wildman–Crippen MR) is 135 cm³/mol. The molecule has 0 spiro atoms. The second-order valence-corrected chi connectivity index (χ2v) is 9.32. The molecule has 1 amide bonds. The van der Waals surface area contributed by atoms with Crippen molar-refractivity contribution in [1.82, 2.24) is 28.7 Å². The summed E-state index contributed by atoms with van der Waals surface area (Å²) in [5.74, 6) is 0.809. The van der Waals surface area contributed by atoms with Crippen LogP contribution < -0.4 is 10.6 Å². The van der Waals surface area contributed by atoms with E-state index in [-0.39, 0.29) is 18.9 Å². The van der Waals surface area contributed by atoms with Gasteiger partial charge in [0.25, 0.3) is 0 Å². The number of nitrogens with one attached hydrogen (secondary N) is 2. The van der Waals surface area contributed by atoms with Crippen LogP contribution in [0.25, 0.3) is 11.2 Å². The highest BCUT2D eigenvalue weighted by molar-refractivity contribution is 6.30. The predicted octanol–water partition coefficient (Wildman–Crippen LogP) is 3.59. The van der Waals surface area contributed by atoms with Crippen LogP contribution in [0.3, 0.4) is 0 Å². The average molecular weight is 503 g/mol. The van der Waals surface area contributed by atoms with Gasteiger partial charge in [-0.15, -0.1) is 0 Å². The van der Waals surface area contributed by atoms with Crippen molar-refractivity contribution in [3.8, 4) is 0 Å². The molecule has 10 nitrogen and oxygen atoms in total. The van der Waals surface area contributed by atoms with Crippen LogP contribution in [0.1, 0.15) is 41.3 Å². The third kappa shape index (κ3) is 4.48. The van der Waals surface area contributed by atoms with Gasteiger partial charge < -0.3 is 24.5 Å². The second-order valence-electron chi connectivity index (χ2n) is 8.89. The molecule has 1 fully saturated rings. The van der Waals surface area contributed by atoms with Crippen molar-refractivity contribution in [1.29, 1.82) is 0 Å². The zero-order valence-corrected chi connectivity index (χ0v) is 20.0. The summed E-state index contributed by atoms with van der Waals surface area (Å²) in [6.45, 7) is 0.323. The van der Waals surface area contributed by atoms with Gasteiger partial charge >= 0.3 is 0 Å². The number of aliphatic hydroxyl groups is 1. The standard InChI is InChI=1S/C25H23ClN8O2/c26-18-3-4-33-14-30-20(22(33)6-18)7-23(36)32-21-9-27-13-29-24(21)28-8-19-11-34-10-16(15-1-2-15)5-17(12-35)25(34)31-19/h3-6,9-11,13-15,35H,1-2,7-8,12H2,(H,32,36)(H,27,28,29). The van der Waals surface area contributed by atoms with Crippen LogP contribution in [0.5, 0.6) is 0 Å². The first kappa shape index (κ1) is 22.4. The van der Waals surface area contributed by atoms with E-state index in [4.69, 9.17) is 11.6 Å². The molecule has 0 radical (unpaired) electrons. The number of carbonyl (C=O) groups excluding carboxylic acids is 1. The summed E-state index contributed by atoms with van der Waals surface area (Å²) in [6.07, 6.45) is 12.9. The van der Waals surface area contributed by atoms with Gasteiger partial charge in [0, 0.05) is 29.2 Å². The molecule has 1 aliphatic rings. The Hall–Kier alpha value is -4.02. The lowest BCUT2D eigenvalue weighted by Crippen LogP contribution is -2.17. The summed E-state index contributed by atoms with van der Waals surface area (Å²) in [4.78, 5) is 30.2. The van der Waals surface area contributed by atoms with E-state index < -0.39 is 0 Å². The maximum atomic E-state index is 12.8. The Morgan fingerprint density at radius 2 is 2.08 bits per heavy atom. The van der Waals surface area contributed by atoms with Crippen molar-refractivity contribution in [2.24, 2.45) is 0 Å². The molecule has 5 heterocycles. The van der Waals surface area contributed by atoms with Crippen LogP contribution in [-0.2, 0) is 24.4 Å². The van der Waals surface area contributed by atoms with Crippen molar-refractivity contribution in [2.75, 3.05) is 10.6 Å². The van der Waals surface area contributed by atoms with E-state index in [0.29, 0.717) is 34.7 Å². The first-order valence-corrected chi connectivity index (χ1v) is 12.0. The van der Waals surface area contributed by atoms with Crippen LogP contribution >= 0.6 is 11.6 Å². The maximum absolute atomic E-state index is 12.8. The zero-order chi connectivity index (χ0) is 24.6. The molecule has 5 aromatic heterocycles. The van der Waals surface area contributed by atoms with Crippen molar-refractivity contribution in [3.63, 3.8) is 0 Å². The molecule has 36 heavy (non-hydrogen) atoms. The SMILES string of the molecule is O=C(Cc1ncn2ccc(Cl)cc12)Nc1cncnc1NCc1cn2cc(C3CC3)cc(CO)c2n1. The summed E-state index contributed by atoms with van der Waals surface area (Å²) in [7, 11) is 0. The van der Waals surface area contributed by atoms with Crippen LogP contribution in [0, 0.1) is 0 Å². The van der Waals surface area contributed by atoms with Gasteiger partial charge in [0.1, 0.15) is 17.7 Å². The largest absolute Gasteiger partial charge is 0.392 e. The lowest BCUT2D eigenvalue weighted by atomic mass is 10.1. The molecular formula is C25H23ClN8O2. The van der Waals surface area contributed by atoms with Crippen LogP contribution in [0.4, 0.5) is 11.5 Å². The molecule has 0 unspecified atom stereocenters. The van der Waals surface area contributed by atoms with Gasteiger partial charge in [0.05, 0.1) is 49.0 Å². The summed E-state index contributed by atoms with van der Waals surface area (Å²) >= 11 is 6.10. The number of imidazole rings is 2. The molecule has 6 rings (SSSR count). The van der Waals surface area contributed by atoms with E-state index in [0.717, 1.165) is 22.4 Å². The quantitative estimate of drug-likeness (QED) is 0.296. The molecule has 11 heteroatoms. The topological polar surface area (TPSA) is 122 Å². The van der Waals surface area contributed by atoms with Crippen LogP contribution in [0.2, 0.25) is 5.02 Å². The third-order valence-electron chi connectivity index (χ3n) is 6.25. The number of aliphatic hydroxyl groups excluding tert-OH is 1. The van der Waals surface area contributed by atoms with E-state index in [1.807, 2.05) is 21.1 Å². The Morgan fingerprint density at radius 1 is 1.19 bits per heavy atom. The van der Waals surface area contributed by atoms with Crippen molar-refractivity contribution in [2.45, 2.75) is 38.3 Å².